The van der Waals surface area contributed by atoms with Gasteiger partial charge in [0.05, 0.1) is 6.61 Å². The molecule has 3 aromatic rings. The van der Waals surface area contributed by atoms with Gasteiger partial charge in [-0.1, -0.05) is 28.7 Å². The van der Waals surface area contributed by atoms with Gasteiger partial charge in [-0.25, -0.2) is 4.39 Å². The summed E-state index contributed by atoms with van der Waals surface area (Å²) in [6.45, 7) is 1.54. The van der Waals surface area contributed by atoms with Gasteiger partial charge in [0, 0.05) is 5.56 Å². The molecule has 0 aliphatic heterocycles. The largest absolute Gasteiger partial charge is 0.390 e. The number of aromatic nitrogens is 5. The van der Waals surface area contributed by atoms with Crippen molar-refractivity contribution in [3.05, 3.63) is 40.8 Å². The van der Waals surface area contributed by atoms with Crippen LogP contribution in [0.1, 0.15) is 10.7 Å². The fraction of sp³-hybridized carbons (Fsp3) is 0.167. The maximum Gasteiger partial charge on any atom is 0.234 e. The Morgan fingerprint density at radius 1 is 1.30 bits per heavy atom. The van der Waals surface area contributed by atoms with Crippen molar-refractivity contribution in [3.63, 3.8) is 0 Å². The number of nitrogens with zero attached hydrogens (tertiary/aromatic N) is 5. The molecule has 1 aromatic carbocycles. The van der Waals surface area contributed by atoms with Crippen LogP contribution in [0.5, 0.6) is 0 Å². The van der Waals surface area contributed by atoms with Crippen LogP contribution < -0.4 is 0 Å². The van der Waals surface area contributed by atoms with Crippen molar-refractivity contribution >= 4 is 11.3 Å². The molecule has 0 amide bonds. The Labute approximate surface area is 117 Å². The molecule has 0 aliphatic carbocycles. The first kappa shape index (κ1) is 12.8. The Balaban J connectivity index is 2.20. The van der Waals surface area contributed by atoms with Crippen molar-refractivity contribution in [1.82, 2.24) is 25.2 Å². The van der Waals surface area contributed by atoms with Crippen molar-refractivity contribution in [2.75, 3.05) is 0 Å². The molecule has 0 bridgehead atoms. The summed E-state index contributed by atoms with van der Waals surface area (Å²) in [5.41, 5.74) is 1.46. The van der Waals surface area contributed by atoms with E-state index in [1.54, 1.807) is 12.1 Å². The first-order valence-corrected chi connectivity index (χ1v) is 6.62. The highest BCUT2D eigenvalue weighted by Gasteiger charge is 2.18. The van der Waals surface area contributed by atoms with Crippen LogP contribution in [0.25, 0.3) is 16.4 Å². The highest BCUT2D eigenvalue weighted by molar-refractivity contribution is 7.13. The second-order valence-corrected chi connectivity index (χ2v) is 5.23. The van der Waals surface area contributed by atoms with E-state index >= 15 is 0 Å². The molecule has 8 heteroatoms. The minimum atomic E-state index is -0.368. The molecular weight excluding hydrogens is 281 g/mol. The Hall–Kier alpha value is -2.19. The van der Waals surface area contributed by atoms with Crippen molar-refractivity contribution < 1.29 is 9.50 Å². The summed E-state index contributed by atoms with van der Waals surface area (Å²) in [4.78, 5) is 0. The normalized spacial score (nSPS) is 10.9. The lowest BCUT2D eigenvalue weighted by Gasteiger charge is -2.04. The van der Waals surface area contributed by atoms with Gasteiger partial charge in [0.2, 0.25) is 5.13 Å². The van der Waals surface area contributed by atoms with E-state index in [-0.39, 0.29) is 12.4 Å². The number of aryl methyl sites for hydroxylation is 1. The second-order valence-electron chi connectivity index (χ2n) is 4.07. The third-order valence-corrected chi connectivity index (χ3v) is 3.50. The molecule has 102 valence electrons. The van der Waals surface area contributed by atoms with Crippen molar-refractivity contribution in [2.45, 2.75) is 13.5 Å². The van der Waals surface area contributed by atoms with Crippen LogP contribution in [0.15, 0.2) is 24.3 Å². The molecule has 1 N–H and O–H groups in total. The van der Waals surface area contributed by atoms with Crippen LogP contribution in [0.4, 0.5) is 4.39 Å². The SMILES string of the molecule is Cc1nnc(-n2nnc(CO)c2-c2cccc(F)c2)s1. The lowest BCUT2D eigenvalue weighted by Crippen LogP contribution is -2.00. The minimum Gasteiger partial charge on any atom is -0.390 e. The van der Waals surface area contributed by atoms with Crippen molar-refractivity contribution in [3.8, 4) is 16.4 Å². The number of hydrogen-bond donors (Lipinski definition) is 1. The standard InChI is InChI=1S/C12H10FN5OS/c1-7-14-16-12(20-7)18-11(10(6-19)15-17-18)8-3-2-4-9(13)5-8/h2-5,19H,6H2,1H3. The number of halogens is 1. The smallest absolute Gasteiger partial charge is 0.234 e. The Bertz CT molecular complexity index is 754. The number of hydrogen-bond acceptors (Lipinski definition) is 6. The molecule has 3 rings (SSSR count). The third kappa shape index (κ3) is 2.19. The highest BCUT2D eigenvalue weighted by atomic mass is 32.1. The van der Waals surface area contributed by atoms with E-state index in [1.165, 1.54) is 28.2 Å². The van der Waals surface area contributed by atoms with E-state index in [1.807, 2.05) is 6.92 Å². The first-order valence-electron chi connectivity index (χ1n) is 5.81. The van der Waals surface area contributed by atoms with Crippen LogP contribution in [-0.2, 0) is 6.61 Å². The molecule has 0 unspecified atom stereocenters. The molecule has 0 saturated carbocycles. The molecule has 0 spiro atoms. The number of aliphatic hydroxyl groups excluding tert-OH is 1. The van der Waals surface area contributed by atoms with E-state index in [9.17, 15) is 9.50 Å². The summed E-state index contributed by atoms with van der Waals surface area (Å²) >= 11 is 1.34. The summed E-state index contributed by atoms with van der Waals surface area (Å²) in [6, 6.07) is 6.04. The summed E-state index contributed by atoms with van der Waals surface area (Å²) < 4.78 is 14.9. The van der Waals surface area contributed by atoms with E-state index < -0.39 is 0 Å². The quantitative estimate of drug-likeness (QED) is 0.795. The third-order valence-electron chi connectivity index (χ3n) is 2.68. The van der Waals surface area contributed by atoms with Crippen LogP contribution >= 0.6 is 11.3 Å². The van der Waals surface area contributed by atoms with Crippen LogP contribution in [0, 0.1) is 12.7 Å². The molecule has 2 aromatic heterocycles. The topological polar surface area (TPSA) is 76.7 Å². The van der Waals surface area contributed by atoms with Crippen molar-refractivity contribution in [2.24, 2.45) is 0 Å². The predicted molar refractivity (Wildman–Crippen MR) is 70.9 cm³/mol. The zero-order valence-electron chi connectivity index (χ0n) is 10.5. The van der Waals surface area contributed by atoms with Gasteiger partial charge < -0.3 is 5.11 Å². The van der Waals surface area contributed by atoms with Crippen molar-refractivity contribution in [1.29, 1.82) is 0 Å². The van der Waals surface area contributed by atoms with E-state index in [0.717, 1.165) is 5.01 Å². The lowest BCUT2D eigenvalue weighted by molar-refractivity contribution is 0.277. The fourth-order valence-corrected chi connectivity index (χ4v) is 2.49. The molecule has 6 nitrogen and oxygen atoms in total. The molecule has 20 heavy (non-hydrogen) atoms. The zero-order chi connectivity index (χ0) is 14.1. The fourth-order valence-electron chi connectivity index (χ4n) is 1.85. The van der Waals surface area contributed by atoms with Gasteiger partial charge in [0.25, 0.3) is 0 Å². The van der Waals surface area contributed by atoms with Gasteiger partial charge in [0.15, 0.2) is 0 Å². The molecular formula is C12H10FN5OS. The summed E-state index contributed by atoms with van der Waals surface area (Å²) in [6.07, 6.45) is 0. The number of aliphatic hydroxyl groups is 1. The Morgan fingerprint density at radius 3 is 2.80 bits per heavy atom. The van der Waals surface area contributed by atoms with Gasteiger partial charge in [-0.15, -0.1) is 15.3 Å². The van der Waals surface area contributed by atoms with Gasteiger partial charge in [0.1, 0.15) is 22.2 Å². The maximum atomic E-state index is 13.4. The lowest BCUT2D eigenvalue weighted by atomic mass is 10.1. The minimum absolute atomic E-state index is 0.288. The van der Waals surface area contributed by atoms with E-state index in [0.29, 0.717) is 22.1 Å². The molecule has 0 radical (unpaired) electrons. The Kier molecular flexibility index (Phi) is 3.25. The van der Waals surface area contributed by atoms with Crippen LogP contribution in [-0.4, -0.2) is 30.3 Å². The monoisotopic (exact) mass is 291 g/mol. The summed E-state index contributed by atoms with van der Waals surface area (Å²) in [5.74, 6) is -0.368. The molecule has 0 aliphatic rings. The number of rotatable bonds is 3. The van der Waals surface area contributed by atoms with E-state index in [4.69, 9.17) is 0 Å². The zero-order valence-corrected chi connectivity index (χ0v) is 11.3. The van der Waals surface area contributed by atoms with Crippen LogP contribution in [0.2, 0.25) is 0 Å². The molecule has 2 heterocycles. The van der Waals surface area contributed by atoms with Gasteiger partial charge in [-0.05, 0) is 19.1 Å². The average Bonchev–Trinajstić information content (AvgIpc) is 3.04. The summed E-state index contributed by atoms with van der Waals surface area (Å²) in [7, 11) is 0. The maximum absolute atomic E-state index is 13.4. The predicted octanol–water partition coefficient (Wildman–Crippen LogP) is 1.73. The second kappa shape index (κ2) is 5.06. The average molecular weight is 291 g/mol. The first-order chi connectivity index (χ1) is 9.69. The van der Waals surface area contributed by atoms with E-state index in [2.05, 4.69) is 20.5 Å². The Morgan fingerprint density at radius 2 is 2.15 bits per heavy atom. The highest BCUT2D eigenvalue weighted by Crippen LogP contribution is 2.27. The van der Waals surface area contributed by atoms with Gasteiger partial charge in [-0.3, -0.25) is 0 Å². The molecule has 0 saturated heterocycles. The number of benzene rings is 1. The molecule has 0 atom stereocenters. The molecule has 0 fully saturated rings. The summed E-state index contributed by atoms with van der Waals surface area (Å²) in [5, 5.41) is 26.5. The van der Waals surface area contributed by atoms with Gasteiger partial charge >= 0.3 is 0 Å². The van der Waals surface area contributed by atoms with Gasteiger partial charge in [-0.2, -0.15) is 4.68 Å². The van der Waals surface area contributed by atoms with Crippen LogP contribution in [0.3, 0.4) is 0 Å².